The van der Waals surface area contributed by atoms with Gasteiger partial charge in [-0.2, -0.15) is 13.2 Å². The van der Waals surface area contributed by atoms with E-state index in [4.69, 9.17) is 5.11 Å². The van der Waals surface area contributed by atoms with Crippen LogP contribution in [0.2, 0.25) is 0 Å². The Kier molecular flexibility index (Phi) is 3.62. The fourth-order valence-electron chi connectivity index (χ4n) is 1.92. The second kappa shape index (κ2) is 5.05. The van der Waals surface area contributed by atoms with Crippen LogP contribution < -0.4 is 0 Å². The number of hydrogen-bond donors (Lipinski definition) is 1. The van der Waals surface area contributed by atoms with Gasteiger partial charge < -0.3 is 5.11 Å². The van der Waals surface area contributed by atoms with Crippen molar-refractivity contribution in [1.29, 1.82) is 0 Å². The number of aliphatic hydroxyl groups is 1. The Hall–Kier alpha value is -1.81. The lowest BCUT2D eigenvalue weighted by Crippen LogP contribution is -2.04. The van der Waals surface area contributed by atoms with Gasteiger partial charge >= 0.3 is 6.18 Å². The van der Waals surface area contributed by atoms with E-state index in [0.29, 0.717) is 5.56 Å². The van der Waals surface area contributed by atoms with E-state index in [1.165, 1.54) is 12.1 Å². The second-order valence-corrected chi connectivity index (χ2v) is 4.38. The maximum Gasteiger partial charge on any atom is 0.416 e. The van der Waals surface area contributed by atoms with E-state index in [2.05, 4.69) is 0 Å². The SMILES string of the molecule is Cc1ccc(CO)cc1-c1ccc(C(F)(F)F)cc1. The molecule has 0 aliphatic heterocycles. The van der Waals surface area contributed by atoms with E-state index in [1.807, 2.05) is 13.0 Å². The highest BCUT2D eigenvalue weighted by molar-refractivity contribution is 5.68. The third-order valence-electron chi connectivity index (χ3n) is 3.01. The molecule has 100 valence electrons. The molecular weight excluding hydrogens is 253 g/mol. The maximum atomic E-state index is 12.5. The molecule has 4 heteroatoms. The summed E-state index contributed by atoms with van der Waals surface area (Å²) < 4.78 is 37.5. The van der Waals surface area contributed by atoms with Crippen LogP contribution in [-0.4, -0.2) is 5.11 Å². The summed E-state index contributed by atoms with van der Waals surface area (Å²) in [6.45, 7) is 1.79. The third kappa shape index (κ3) is 2.96. The standard InChI is InChI=1S/C15H13F3O/c1-10-2-3-11(9-19)8-14(10)12-4-6-13(7-5-12)15(16,17)18/h2-8,19H,9H2,1H3. The monoisotopic (exact) mass is 266 g/mol. The van der Waals surface area contributed by atoms with Gasteiger partial charge in [-0.25, -0.2) is 0 Å². The minimum atomic E-state index is -4.32. The lowest BCUT2D eigenvalue weighted by molar-refractivity contribution is -0.137. The highest BCUT2D eigenvalue weighted by atomic mass is 19.4. The first-order valence-electron chi connectivity index (χ1n) is 5.80. The van der Waals surface area contributed by atoms with Crippen molar-refractivity contribution in [2.75, 3.05) is 0 Å². The molecule has 0 atom stereocenters. The van der Waals surface area contributed by atoms with E-state index >= 15 is 0 Å². The second-order valence-electron chi connectivity index (χ2n) is 4.38. The average molecular weight is 266 g/mol. The molecule has 0 aromatic heterocycles. The molecule has 0 saturated carbocycles. The van der Waals surface area contributed by atoms with Crippen molar-refractivity contribution in [2.24, 2.45) is 0 Å². The highest BCUT2D eigenvalue weighted by Crippen LogP contribution is 2.32. The maximum absolute atomic E-state index is 12.5. The molecule has 2 aromatic rings. The minimum absolute atomic E-state index is 0.0894. The summed E-state index contributed by atoms with van der Waals surface area (Å²) in [7, 11) is 0. The molecule has 1 nitrogen and oxygen atoms in total. The Morgan fingerprint density at radius 1 is 1.00 bits per heavy atom. The number of hydrogen-bond acceptors (Lipinski definition) is 1. The molecule has 0 radical (unpaired) electrons. The molecule has 0 spiro atoms. The van der Waals surface area contributed by atoms with Gasteiger partial charge in [0.05, 0.1) is 12.2 Å². The fourth-order valence-corrected chi connectivity index (χ4v) is 1.92. The molecule has 2 rings (SSSR count). The number of halogens is 3. The van der Waals surface area contributed by atoms with Crippen molar-refractivity contribution >= 4 is 0 Å². The summed E-state index contributed by atoms with van der Waals surface area (Å²) in [5.74, 6) is 0. The molecular formula is C15H13F3O. The Morgan fingerprint density at radius 3 is 2.16 bits per heavy atom. The molecule has 0 saturated heterocycles. The van der Waals surface area contributed by atoms with Crippen LogP contribution in [0.5, 0.6) is 0 Å². The summed E-state index contributed by atoms with van der Waals surface area (Å²) >= 11 is 0. The van der Waals surface area contributed by atoms with E-state index in [0.717, 1.165) is 28.8 Å². The highest BCUT2D eigenvalue weighted by Gasteiger charge is 2.29. The third-order valence-corrected chi connectivity index (χ3v) is 3.01. The summed E-state index contributed by atoms with van der Waals surface area (Å²) in [5.41, 5.74) is 2.57. The van der Waals surface area contributed by atoms with Crippen molar-refractivity contribution in [3.63, 3.8) is 0 Å². The van der Waals surface area contributed by atoms with E-state index in [-0.39, 0.29) is 6.61 Å². The van der Waals surface area contributed by atoms with Crippen molar-refractivity contribution in [2.45, 2.75) is 19.7 Å². The van der Waals surface area contributed by atoms with Crippen LogP contribution >= 0.6 is 0 Å². The van der Waals surface area contributed by atoms with Gasteiger partial charge in [-0.15, -0.1) is 0 Å². The normalized spacial score (nSPS) is 11.6. The number of aryl methyl sites for hydroxylation is 1. The molecule has 0 aliphatic carbocycles. The molecule has 0 amide bonds. The molecule has 0 unspecified atom stereocenters. The van der Waals surface area contributed by atoms with E-state index < -0.39 is 11.7 Å². The van der Waals surface area contributed by atoms with Gasteiger partial charge in [0.2, 0.25) is 0 Å². The summed E-state index contributed by atoms with van der Waals surface area (Å²) in [4.78, 5) is 0. The van der Waals surface area contributed by atoms with Crippen molar-refractivity contribution in [3.05, 3.63) is 59.2 Å². The fraction of sp³-hybridized carbons (Fsp3) is 0.200. The first kappa shape index (κ1) is 13.6. The summed E-state index contributed by atoms with van der Waals surface area (Å²) in [5, 5.41) is 9.10. The first-order chi connectivity index (χ1) is 8.91. The van der Waals surface area contributed by atoms with E-state index in [1.54, 1.807) is 12.1 Å². The van der Waals surface area contributed by atoms with Crippen LogP contribution in [-0.2, 0) is 12.8 Å². The smallest absolute Gasteiger partial charge is 0.392 e. The molecule has 0 bridgehead atoms. The predicted molar refractivity (Wildman–Crippen MR) is 67.5 cm³/mol. The van der Waals surface area contributed by atoms with Gasteiger partial charge in [0.15, 0.2) is 0 Å². The van der Waals surface area contributed by atoms with Gasteiger partial charge in [-0.3, -0.25) is 0 Å². The van der Waals surface area contributed by atoms with Gasteiger partial charge in [0.25, 0.3) is 0 Å². The van der Waals surface area contributed by atoms with Crippen LogP contribution in [0, 0.1) is 6.92 Å². The number of rotatable bonds is 2. The van der Waals surface area contributed by atoms with Crippen molar-refractivity contribution < 1.29 is 18.3 Å². The van der Waals surface area contributed by atoms with Gasteiger partial charge in [-0.05, 0) is 47.4 Å². The summed E-state index contributed by atoms with van der Waals surface area (Å²) in [6.07, 6.45) is -4.32. The largest absolute Gasteiger partial charge is 0.416 e. The lowest BCUT2D eigenvalue weighted by atomic mass is 9.97. The quantitative estimate of drug-likeness (QED) is 0.864. The molecule has 19 heavy (non-hydrogen) atoms. The van der Waals surface area contributed by atoms with Crippen molar-refractivity contribution in [3.8, 4) is 11.1 Å². The van der Waals surface area contributed by atoms with Crippen LogP contribution in [0.1, 0.15) is 16.7 Å². The minimum Gasteiger partial charge on any atom is -0.392 e. The Labute approximate surface area is 109 Å². The zero-order chi connectivity index (χ0) is 14.0. The van der Waals surface area contributed by atoms with Gasteiger partial charge in [0.1, 0.15) is 0 Å². The number of aliphatic hydroxyl groups excluding tert-OH is 1. The van der Waals surface area contributed by atoms with Gasteiger partial charge in [0, 0.05) is 0 Å². The summed E-state index contributed by atoms with van der Waals surface area (Å²) in [6, 6.07) is 10.5. The Morgan fingerprint density at radius 2 is 1.63 bits per heavy atom. The predicted octanol–water partition coefficient (Wildman–Crippen LogP) is 4.17. The molecule has 1 N–H and O–H groups in total. The number of alkyl halides is 3. The first-order valence-corrected chi connectivity index (χ1v) is 5.80. The molecule has 0 fully saturated rings. The Bertz CT molecular complexity index is 571. The topological polar surface area (TPSA) is 20.2 Å². The molecule has 2 aromatic carbocycles. The van der Waals surface area contributed by atoms with Crippen LogP contribution in [0.3, 0.4) is 0 Å². The number of benzene rings is 2. The van der Waals surface area contributed by atoms with Crippen LogP contribution in [0.25, 0.3) is 11.1 Å². The Balaban J connectivity index is 2.42. The zero-order valence-corrected chi connectivity index (χ0v) is 10.3. The van der Waals surface area contributed by atoms with Crippen LogP contribution in [0.4, 0.5) is 13.2 Å². The molecule has 0 aliphatic rings. The van der Waals surface area contributed by atoms with Crippen molar-refractivity contribution in [1.82, 2.24) is 0 Å². The van der Waals surface area contributed by atoms with Gasteiger partial charge in [-0.1, -0.05) is 24.3 Å². The lowest BCUT2D eigenvalue weighted by Gasteiger charge is -2.10. The van der Waals surface area contributed by atoms with E-state index in [9.17, 15) is 13.2 Å². The zero-order valence-electron chi connectivity index (χ0n) is 10.3. The molecule has 0 heterocycles. The average Bonchev–Trinajstić information content (AvgIpc) is 2.38. The van der Waals surface area contributed by atoms with Crippen LogP contribution in [0.15, 0.2) is 42.5 Å².